The van der Waals surface area contributed by atoms with Crippen LogP contribution in [0.15, 0.2) is 30.3 Å². The Bertz CT molecular complexity index is 548. The maximum atomic E-state index is 13.2. The van der Waals surface area contributed by atoms with Gasteiger partial charge in [-0.3, -0.25) is 0 Å². The van der Waals surface area contributed by atoms with Gasteiger partial charge < -0.3 is 0 Å². The molecule has 0 unspecified atom stereocenters. The third-order valence-electron chi connectivity index (χ3n) is 5.23. The van der Waals surface area contributed by atoms with Gasteiger partial charge in [0, 0.05) is 0 Å². The van der Waals surface area contributed by atoms with Crippen molar-refractivity contribution < 1.29 is 22.5 Å². The fraction of sp³-hybridized carbons (Fsp3) is 0.667. The van der Waals surface area contributed by atoms with E-state index in [1.165, 1.54) is 0 Å². The number of halogens is 3. The van der Waals surface area contributed by atoms with E-state index in [-0.39, 0.29) is 0 Å². The zero-order chi connectivity index (χ0) is 20.4. The molecule has 1 aromatic rings. The average molecular weight is 406 g/mol. The molecule has 0 saturated carbocycles. The van der Waals surface area contributed by atoms with Crippen molar-refractivity contribution in [2.24, 2.45) is 0 Å². The predicted molar refractivity (Wildman–Crippen MR) is 109 cm³/mol. The normalized spacial score (nSPS) is 13.8. The number of hydrogen-bond acceptors (Lipinski definition) is 2. The predicted octanol–water partition coefficient (Wildman–Crippen LogP) is 7.16. The van der Waals surface area contributed by atoms with Crippen molar-refractivity contribution in [3.05, 3.63) is 35.9 Å². The molecule has 0 bridgehead atoms. The molecule has 0 radical (unpaired) electrons. The number of carbonyl (C=O) groups excluding carboxylic acids is 1. The molecule has 0 spiro atoms. The molecule has 0 heterocycles. The Labute approximate surface area is 161 Å². The number of carbonyl (C=O) groups is 1. The summed E-state index contributed by atoms with van der Waals surface area (Å²) in [5.41, 5.74) is 0.966. The first-order chi connectivity index (χ1) is 12.7. The maximum absolute atomic E-state index is 13.2. The summed E-state index contributed by atoms with van der Waals surface area (Å²) < 4.78 is 45.3. The van der Waals surface area contributed by atoms with Crippen LogP contribution in [0.1, 0.15) is 64.9 Å². The van der Waals surface area contributed by atoms with E-state index in [9.17, 15) is 18.0 Å². The molecule has 0 aliphatic heterocycles. The van der Waals surface area contributed by atoms with Crippen LogP contribution in [0, 0.1) is 0 Å². The molecule has 2 nitrogen and oxygen atoms in total. The van der Waals surface area contributed by atoms with E-state index >= 15 is 0 Å². The van der Waals surface area contributed by atoms with Crippen LogP contribution in [0.3, 0.4) is 0 Å². The quantitative estimate of drug-likeness (QED) is 0.344. The SMILES string of the molecule is CCCCP(CCCC)(CCCC)(Cc1ccccc1)OC(=O)C(F)(F)F. The van der Waals surface area contributed by atoms with Crippen LogP contribution in [-0.2, 0) is 15.5 Å². The second kappa shape index (κ2) is 10.5. The molecule has 0 fully saturated rings. The summed E-state index contributed by atoms with van der Waals surface area (Å²) in [7, 11) is 0. The summed E-state index contributed by atoms with van der Waals surface area (Å²) in [6, 6.07) is 9.56. The second-order valence-electron chi connectivity index (χ2n) is 7.61. The molecule has 1 rings (SSSR count). The van der Waals surface area contributed by atoms with Crippen LogP contribution in [0.25, 0.3) is 0 Å². The molecule has 0 amide bonds. The molecule has 0 N–H and O–H groups in total. The van der Waals surface area contributed by atoms with Crippen molar-refractivity contribution in [3.63, 3.8) is 0 Å². The van der Waals surface area contributed by atoms with E-state index in [1.54, 1.807) is 0 Å². The summed E-state index contributed by atoms with van der Waals surface area (Å²) in [6.45, 7) is 2.69. The van der Waals surface area contributed by atoms with E-state index in [2.05, 4.69) is 0 Å². The Morgan fingerprint density at radius 2 is 1.33 bits per heavy atom. The molecule has 1 aromatic carbocycles. The number of unbranched alkanes of at least 4 members (excludes halogenated alkanes) is 3. The number of alkyl halides is 3. The monoisotopic (exact) mass is 406 g/mol. The van der Waals surface area contributed by atoms with Crippen LogP contribution in [0.2, 0.25) is 0 Å². The zero-order valence-corrected chi connectivity index (χ0v) is 17.7. The van der Waals surface area contributed by atoms with Crippen LogP contribution in [0.4, 0.5) is 13.2 Å². The summed E-state index contributed by atoms with van der Waals surface area (Å²) >= 11 is 0. The summed E-state index contributed by atoms with van der Waals surface area (Å²) in [5, 5.41) is 0. The minimum absolute atomic E-state index is 0.453. The Morgan fingerprint density at radius 3 is 1.70 bits per heavy atom. The summed E-state index contributed by atoms with van der Waals surface area (Å²) in [5.74, 6) is -2.00. The van der Waals surface area contributed by atoms with Gasteiger partial charge in [0.15, 0.2) is 0 Å². The van der Waals surface area contributed by atoms with Gasteiger partial charge in [-0.05, 0) is 0 Å². The Kier molecular flexibility index (Phi) is 9.27. The zero-order valence-electron chi connectivity index (χ0n) is 16.9. The molecule has 6 heteroatoms. The molecular formula is C21H34F3O2P. The molecule has 27 heavy (non-hydrogen) atoms. The van der Waals surface area contributed by atoms with Gasteiger partial charge in [-0.25, -0.2) is 0 Å². The van der Waals surface area contributed by atoms with Crippen molar-refractivity contribution in [1.29, 1.82) is 0 Å². The topological polar surface area (TPSA) is 26.3 Å². The van der Waals surface area contributed by atoms with Crippen LogP contribution >= 0.6 is 6.83 Å². The Morgan fingerprint density at radius 1 is 0.889 bits per heavy atom. The third kappa shape index (κ3) is 7.10. The van der Waals surface area contributed by atoms with Crippen molar-refractivity contribution in [2.75, 3.05) is 18.5 Å². The van der Waals surface area contributed by atoms with E-state index in [0.29, 0.717) is 24.6 Å². The standard InChI is InChI=1S/C21H34F3O2P/c1-4-7-15-27(16-8-5-2,17-9-6-3,26-20(25)21(22,23)24)18-19-13-11-10-12-14-19/h10-14H,4-9,15-18H2,1-3H3. The molecule has 0 aliphatic rings. The van der Waals surface area contributed by atoms with E-state index in [4.69, 9.17) is 4.52 Å². The molecule has 0 atom stereocenters. The molecule has 0 saturated heterocycles. The fourth-order valence-corrected chi connectivity index (χ4v) is 10.3. The Hall–Kier alpha value is -1.09. The van der Waals surface area contributed by atoms with Crippen molar-refractivity contribution in [2.45, 2.75) is 71.6 Å². The molecule has 156 valence electrons. The average Bonchev–Trinajstić information content (AvgIpc) is 2.64. The van der Waals surface area contributed by atoms with Gasteiger partial charge in [0.2, 0.25) is 0 Å². The van der Waals surface area contributed by atoms with Gasteiger partial charge in [0.1, 0.15) is 0 Å². The first-order valence-corrected chi connectivity index (χ1v) is 13.0. The Balaban J connectivity index is 3.47. The van der Waals surface area contributed by atoms with Gasteiger partial charge in [0.25, 0.3) is 0 Å². The van der Waals surface area contributed by atoms with Crippen LogP contribution in [-0.4, -0.2) is 30.6 Å². The first-order valence-electron chi connectivity index (χ1n) is 10.1. The van der Waals surface area contributed by atoms with Gasteiger partial charge in [-0.1, -0.05) is 0 Å². The van der Waals surface area contributed by atoms with E-state index < -0.39 is 19.0 Å². The first kappa shape index (κ1) is 23.9. The van der Waals surface area contributed by atoms with Crippen LogP contribution < -0.4 is 0 Å². The number of hydrogen-bond donors (Lipinski definition) is 0. The van der Waals surface area contributed by atoms with E-state index in [1.807, 2.05) is 51.1 Å². The summed E-state index contributed by atoms with van der Waals surface area (Å²) in [6.07, 6.45) is 2.20. The molecule has 0 aromatic heterocycles. The second-order valence-corrected chi connectivity index (χ2v) is 13.2. The van der Waals surface area contributed by atoms with E-state index in [0.717, 1.165) is 44.1 Å². The molecular weight excluding hydrogens is 372 g/mol. The van der Waals surface area contributed by atoms with Crippen molar-refractivity contribution in [1.82, 2.24) is 0 Å². The number of rotatable bonds is 12. The van der Waals surface area contributed by atoms with Gasteiger partial charge in [0.05, 0.1) is 0 Å². The van der Waals surface area contributed by atoms with Gasteiger partial charge in [-0.2, -0.15) is 0 Å². The summed E-state index contributed by atoms with van der Waals surface area (Å²) in [4.78, 5) is 12.1. The minimum atomic E-state index is -4.95. The van der Waals surface area contributed by atoms with Gasteiger partial charge >= 0.3 is 161 Å². The fourth-order valence-electron chi connectivity index (χ4n) is 3.75. The number of benzene rings is 1. The third-order valence-corrected chi connectivity index (χ3v) is 11.4. The van der Waals surface area contributed by atoms with Crippen molar-refractivity contribution in [3.8, 4) is 0 Å². The van der Waals surface area contributed by atoms with Crippen molar-refractivity contribution >= 4 is 12.8 Å². The van der Waals surface area contributed by atoms with Gasteiger partial charge in [-0.15, -0.1) is 0 Å². The van der Waals surface area contributed by atoms with Crippen LogP contribution in [0.5, 0.6) is 0 Å². The molecule has 0 aliphatic carbocycles.